The van der Waals surface area contributed by atoms with Gasteiger partial charge < -0.3 is 10.6 Å². The van der Waals surface area contributed by atoms with Gasteiger partial charge in [0.15, 0.2) is 0 Å². The molecule has 1 fully saturated rings. The number of hydrogen-bond acceptors (Lipinski definition) is 5. The molecule has 0 radical (unpaired) electrons. The van der Waals surface area contributed by atoms with E-state index in [1.165, 1.54) is 12.1 Å². The van der Waals surface area contributed by atoms with E-state index in [2.05, 4.69) is 18.7 Å². The average molecular weight is 369 g/mol. The minimum absolute atomic E-state index is 0. The fourth-order valence-electron chi connectivity index (χ4n) is 3.64. The maximum Gasteiger partial charge on any atom is 0.271 e. The molecule has 138 valence electrons. The summed E-state index contributed by atoms with van der Waals surface area (Å²) in [6, 6.07) is 4.92. The van der Waals surface area contributed by atoms with Crippen molar-refractivity contribution in [1.82, 2.24) is 4.90 Å². The van der Waals surface area contributed by atoms with E-state index in [0.717, 1.165) is 31.5 Å². The van der Waals surface area contributed by atoms with Gasteiger partial charge >= 0.3 is 0 Å². The molecule has 0 spiro atoms. The Labute approximate surface area is 153 Å². The summed E-state index contributed by atoms with van der Waals surface area (Å²) in [5.41, 5.74) is 7.84. The van der Waals surface area contributed by atoms with Crippen molar-refractivity contribution < 1.29 is 9.72 Å². The molecule has 0 aliphatic carbocycles. The van der Waals surface area contributed by atoms with Crippen LogP contribution in [0, 0.1) is 15.5 Å². The first kappa shape index (κ1) is 19.6. The quantitative estimate of drug-likeness (QED) is 0.650. The van der Waals surface area contributed by atoms with E-state index in [9.17, 15) is 14.9 Å². The van der Waals surface area contributed by atoms with Gasteiger partial charge in [-0.3, -0.25) is 19.8 Å². The number of nitro groups is 1. The van der Waals surface area contributed by atoms with Gasteiger partial charge in [-0.2, -0.15) is 0 Å². The van der Waals surface area contributed by atoms with Gasteiger partial charge in [0.1, 0.15) is 0 Å². The Balaban J connectivity index is 0.00000225. The topological polar surface area (TPSA) is 92.7 Å². The molecule has 1 aromatic rings. The second-order valence-electron chi connectivity index (χ2n) is 7.46. The van der Waals surface area contributed by atoms with E-state index < -0.39 is 4.92 Å². The number of likely N-dealkylation sites (tertiary alicyclic amines) is 1. The second kappa shape index (κ2) is 7.27. The lowest BCUT2D eigenvalue weighted by Crippen LogP contribution is -2.54. The molecule has 1 amide bonds. The molecule has 2 aliphatic heterocycles. The van der Waals surface area contributed by atoms with Crippen molar-refractivity contribution in [2.75, 3.05) is 31.1 Å². The van der Waals surface area contributed by atoms with E-state index in [1.807, 2.05) is 0 Å². The Kier molecular flexibility index (Phi) is 5.71. The number of amides is 1. The van der Waals surface area contributed by atoms with Crippen LogP contribution in [0.2, 0.25) is 0 Å². The van der Waals surface area contributed by atoms with Crippen molar-refractivity contribution in [2.24, 2.45) is 11.1 Å². The third-order valence-corrected chi connectivity index (χ3v) is 5.23. The molecule has 2 aliphatic rings. The summed E-state index contributed by atoms with van der Waals surface area (Å²) in [6.45, 7) is 6.78. The number of benzene rings is 1. The second-order valence-corrected chi connectivity index (χ2v) is 7.46. The van der Waals surface area contributed by atoms with Crippen molar-refractivity contribution >= 4 is 29.7 Å². The zero-order valence-electron chi connectivity index (χ0n) is 14.6. The van der Waals surface area contributed by atoms with Crippen LogP contribution in [-0.2, 0) is 11.2 Å². The number of non-ortho nitro benzene ring substituents is 1. The van der Waals surface area contributed by atoms with E-state index in [-0.39, 0.29) is 35.5 Å². The third kappa shape index (κ3) is 3.94. The number of nitro benzene ring substituents is 1. The highest BCUT2D eigenvalue weighted by Gasteiger charge is 2.35. The lowest BCUT2D eigenvalue weighted by molar-refractivity contribution is -0.384. The fourth-order valence-corrected chi connectivity index (χ4v) is 3.64. The average Bonchev–Trinajstić information content (AvgIpc) is 2.93. The molecule has 0 aromatic heterocycles. The number of carbonyl (C=O) groups excluding carboxylic acids is 1. The smallest absolute Gasteiger partial charge is 0.271 e. The maximum absolute atomic E-state index is 12.7. The minimum atomic E-state index is -0.421. The van der Waals surface area contributed by atoms with Gasteiger partial charge in [-0.1, -0.05) is 19.9 Å². The highest BCUT2D eigenvalue weighted by molar-refractivity contribution is 5.97. The van der Waals surface area contributed by atoms with Gasteiger partial charge in [0.05, 0.1) is 17.2 Å². The first-order valence-electron chi connectivity index (χ1n) is 8.33. The standard InChI is InChI=1S/C17H24N4O3.ClH/c1-17(2)11-19(7-6-15(17)18)10-16(22)20-8-5-12-3-4-13(21(23)24)9-14(12)20;/h3-4,9,15H,5-8,10-11,18H2,1-2H3;1H. The van der Waals surface area contributed by atoms with E-state index in [4.69, 9.17) is 5.73 Å². The summed E-state index contributed by atoms with van der Waals surface area (Å²) >= 11 is 0. The van der Waals surface area contributed by atoms with Crippen LogP contribution in [0.15, 0.2) is 18.2 Å². The van der Waals surface area contributed by atoms with Crippen LogP contribution in [0.3, 0.4) is 0 Å². The molecule has 1 aromatic carbocycles. The van der Waals surface area contributed by atoms with Crippen molar-refractivity contribution in [1.29, 1.82) is 0 Å². The normalized spacial score (nSPS) is 22.2. The van der Waals surface area contributed by atoms with Gasteiger partial charge in [0.25, 0.3) is 5.69 Å². The predicted octanol–water partition coefficient (Wildman–Crippen LogP) is 1.96. The van der Waals surface area contributed by atoms with E-state index >= 15 is 0 Å². The summed E-state index contributed by atoms with van der Waals surface area (Å²) in [5.74, 6) is 0.000481. The number of rotatable bonds is 3. The largest absolute Gasteiger partial charge is 0.327 e. The summed E-state index contributed by atoms with van der Waals surface area (Å²) in [4.78, 5) is 27.1. The molecule has 0 saturated carbocycles. The molecule has 1 atom stereocenters. The Morgan fingerprint density at radius 1 is 1.40 bits per heavy atom. The maximum atomic E-state index is 12.7. The van der Waals surface area contributed by atoms with Crippen molar-refractivity contribution in [3.8, 4) is 0 Å². The summed E-state index contributed by atoms with van der Waals surface area (Å²) in [7, 11) is 0. The van der Waals surface area contributed by atoms with Gasteiger partial charge in [0.2, 0.25) is 5.91 Å². The van der Waals surface area contributed by atoms with Gasteiger partial charge in [-0.05, 0) is 23.8 Å². The number of carbonyl (C=O) groups is 1. The first-order chi connectivity index (χ1) is 11.3. The van der Waals surface area contributed by atoms with Crippen molar-refractivity contribution in [3.05, 3.63) is 33.9 Å². The molecular formula is C17H25ClN4O3. The number of halogens is 1. The first-order valence-corrected chi connectivity index (χ1v) is 8.33. The number of nitrogens with zero attached hydrogens (tertiary/aromatic N) is 3. The Morgan fingerprint density at radius 3 is 2.76 bits per heavy atom. The Bertz CT molecular complexity index is 680. The molecule has 8 heteroatoms. The number of fused-ring (bicyclic) bond motifs is 1. The van der Waals surface area contributed by atoms with Crippen LogP contribution in [0.4, 0.5) is 11.4 Å². The lowest BCUT2D eigenvalue weighted by Gasteiger charge is -2.42. The molecule has 2 N–H and O–H groups in total. The monoisotopic (exact) mass is 368 g/mol. The summed E-state index contributed by atoms with van der Waals surface area (Å²) in [6.07, 6.45) is 1.62. The number of hydrogen-bond donors (Lipinski definition) is 1. The zero-order valence-corrected chi connectivity index (χ0v) is 15.4. The lowest BCUT2D eigenvalue weighted by atomic mass is 9.80. The van der Waals surface area contributed by atoms with Crippen LogP contribution < -0.4 is 10.6 Å². The van der Waals surface area contributed by atoms with Crippen molar-refractivity contribution in [2.45, 2.75) is 32.7 Å². The number of anilines is 1. The molecule has 25 heavy (non-hydrogen) atoms. The number of piperidine rings is 1. The minimum Gasteiger partial charge on any atom is -0.327 e. The molecule has 7 nitrogen and oxygen atoms in total. The summed E-state index contributed by atoms with van der Waals surface area (Å²) < 4.78 is 0. The molecule has 2 heterocycles. The van der Waals surface area contributed by atoms with Crippen LogP contribution in [0.25, 0.3) is 0 Å². The third-order valence-electron chi connectivity index (χ3n) is 5.23. The molecule has 0 bridgehead atoms. The van der Waals surface area contributed by atoms with E-state index in [1.54, 1.807) is 11.0 Å². The molecule has 1 saturated heterocycles. The van der Waals surface area contributed by atoms with Crippen LogP contribution >= 0.6 is 12.4 Å². The SMILES string of the molecule is CC1(C)CN(CC(=O)N2CCc3ccc([N+](=O)[O-])cc32)CCC1N.Cl. The van der Waals surface area contributed by atoms with Crippen LogP contribution in [-0.4, -0.2) is 48.0 Å². The zero-order chi connectivity index (χ0) is 17.5. The van der Waals surface area contributed by atoms with Gasteiger partial charge in [-0.15, -0.1) is 12.4 Å². The highest BCUT2D eigenvalue weighted by Crippen LogP contribution is 2.32. The number of nitrogens with two attached hydrogens (primary N) is 1. The predicted molar refractivity (Wildman–Crippen MR) is 99.2 cm³/mol. The van der Waals surface area contributed by atoms with Gasteiger partial charge in [0, 0.05) is 37.8 Å². The van der Waals surface area contributed by atoms with Crippen LogP contribution in [0.1, 0.15) is 25.8 Å². The van der Waals surface area contributed by atoms with Crippen molar-refractivity contribution in [3.63, 3.8) is 0 Å². The van der Waals surface area contributed by atoms with E-state index in [0.29, 0.717) is 18.8 Å². The molecular weight excluding hydrogens is 344 g/mol. The van der Waals surface area contributed by atoms with Gasteiger partial charge in [-0.25, -0.2) is 0 Å². The summed E-state index contributed by atoms with van der Waals surface area (Å²) in [5, 5.41) is 11.0. The highest BCUT2D eigenvalue weighted by atomic mass is 35.5. The molecule has 1 unspecified atom stereocenters. The Hall–Kier alpha value is -1.70. The van der Waals surface area contributed by atoms with Crippen LogP contribution in [0.5, 0.6) is 0 Å². The molecule has 3 rings (SSSR count). The Morgan fingerprint density at radius 2 is 2.12 bits per heavy atom. The fraction of sp³-hybridized carbons (Fsp3) is 0.588.